The molecule has 0 aliphatic heterocycles. The minimum Gasteiger partial charge on any atom is -0.462 e. The number of hydrogen-bond donors (Lipinski definition) is 2. The third-order valence-electron chi connectivity index (χ3n) is 6.49. The number of esters is 3. The third kappa shape index (κ3) is 10.8. The number of hydrogen-bond acceptors (Lipinski definition) is 9. The summed E-state index contributed by atoms with van der Waals surface area (Å²) in [5.74, 6) is -2.02. The highest BCUT2D eigenvalue weighted by Crippen LogP contribution is 2.46. The first-order valence-electron chi connectivity index (χ1n) is 12.4. The van der Waals surface area contributed by atoms with Crippen LogP contribution in [-0.4, -0.2) is 69.6 Å². The smallest absolute Gasteiger partial charge is 0.407 e. The van der Waals surface area contributed by atoms with Crippen molar-refractivity contribution in [2.45, 2.75) is 53.0 Å². The Balaban J connectivity index is 3.14. The molecule has 0 saturated heterocycles. The number of amides is 1. The Morgan fingerprint density at radius 1 is 0.892 bits per heavy atom. The zero-order valence-electron chi connectivity index (χ0n) is 22.6. The lowest BCUT2D eigenvalue weighted by Crippen LogP contribution is -2.57. The topological polar surface area (TPSA) is 129 Å². The fraction of sp³-hybridized carbons (Fsp3) is 0.630. The monoisotopic (exact) mass is 522 g/mol. The van der Waals surface area contributed by atoms with Crippen molar-refractivity contribution in [1.29, 1.82) is 0 Å². The molecule has 2 atom stereocenters. The average Bonchev–Trinajstić information content (AvgIpc) is 2.85. The Morgan fingerprint density at radius 2 is 1.38 bits per heavy atom. The molecular formula is C27H42N2O8. The van der Waals surface area contributed by atoms with Gasteiger partial charge in [-0.2, -0.15) is 0 Å². The van der Waals surface area contributed by atoms with Crippen molar-refractivity contribution >= 4 is 24.0 Å². The number of carbonyl (C=O) groups is 4. The fourth-order valence-electron chi connectivity index (χ4n) is 4.68. The van der Waals surface area contributed by atoms with Crippen molar-refractivity contribution in [2.24, 2.45) is 16.2 Å². The van der Waals surface area contributed by atoms with Crippen LogP contribution in [0, 0.1) is 16.2 Å². The minimum atomic E-state index is -1.11. The van der Waals surface area contributed by atoms with Crippen molar-refractivity contribution in [3.63, 3.8) is 0 Å². The van der Waals surface area contributed by atoms with Crippen LogP contribution < -0.4 is 10.6 Å². The van der Waals surface area contributed by atoms with Gasteiger partial charge in [0.05, 0.1) is 12.0 Å². The van der Waals surface area contributed by atoms with Crippen LogP contribution in [0.2, 0.25) is 0 Å². The molecule has 2 N–H and O–H groups in total. The zero-order valence-corrected chi connectivity index (χ0v) is 22.6. The van der Waals surface area contributed by atoms with E-state index in [4.69, 9.17) is 18.9 Å². The Kier molecular flexibility index (Phi) is 12.6. The fourth-order valence-corrected chi connectivity index (χ4v) is 4.68. The maximum atomic E-state index is 12.2. The maximum Gasteiger partial charge on any atom is 0.407 e. The van der Waals surface area contributed by atoms with E-state index in [1.165, 1.54) is 0 Å². The molecule has 0 aromatic heterocycles. The van der Waals surface area contributed by atoms with Crippen molar-refractivity contribution in [2.75, 3.05) is 39.5 Å². The first-order valence-corrected chi connectivity index (χ1v) is 12.4. The van der Waals surface area contributed by atoms with Gasteiger partial charge in [0.25, 0.3) is 0 Å². The largest absolute Gasteiger partial charge is 0.462 e. The second-order valence-corrected chi connectivity index (χ2v) is 10.5. The lowest BCUT2D eigenvalue weighted by Gasteiger charge is -2.49. The summed E-state index contributed by atoms with van der Waals surface area (Å²) in [6, 6.07) is -0.141. The van der Waals surface area contributed by atoms with Crippen LogP contribution in [0.4, 0.5) is 4.79 Å². The molecular weight excluding hydrogens is 480 g/mol. The molecule has 208 valence electrons. The molecule has 10 nitrogen and oxygen atoms in total. The molecule has 0 radical (unpaired) electrons. The lowest BCUT2D eigenvalue weighted by atomic mass is 9.61. The van der Waals surface area contributed by atoms with Crippen LogP contribution in [0.25, 0.3) is 0 Å². The molecule has 0 bridgehead atoms. The highest BCUT2D eigenvalue weighted by atomic mass is 16.6. The van der Waals surface area contributed by atoms with E-state index in [9.17, 15) is 19.2 Å². The van der Waals surface area contributed by atoms with E-state index < -0.39 is 29.4 Å². The normalized spacial score (nSPS) is 20.6. The van der Waals surface area contributed by atoms with Crippen LogP contribution in [0.5, 0.6) is 0 Å². The van der Waals surface area contributed by atoms with E-state index in [0.717, 1.165) is 37.5 Å². The lowest BCUT2D eigenvalue weighted by molar-refractivity contribution is -0.155. The van der Waals surface area contributed by atoms with Gasteiger partial charge in [0.1, 0.15) is 19.8 Å². The summed E-state index contributed by atoms with van der Waals surface area (Å²) < 4.78 is 21.0. The van der Waals surface area contributed by atoms with Gasteiger partial charge >= 0.3 is 24.0 Å². The van der Waals surface area contributed by atoms with Crippen LogP contribution in [0.15, 0.2) is 38.0 Å². The highest BCUT2D eigenvalue weighted by molar-refractivity contribution is 5.82. The molecule has 10 heteroatoms. The van der Waals surface area contributed by atoms with E-state index in [1.807, 2.05) is 0 Å². The average molecular weight is 523 g/mol. The molecule has 0 spiro atoms. The van der Waals surface area contributed by atoms with Crippen LogP contribution in [0.1, 0.15) is 47.0 Å². The summed E-state index contributed by atoms with van der Waals surface area (Å²) in [5.41, 5.74) is -1.41. The van der Waals surface area contributed by atoms with Gasteiger partial charge in [0.2, 0.25) is 0 Å². The minimum absolute atomic E-state index is 0.0544. The van der Waals surface area contributed by atoms with Gasteiger partial charge in [0.15, 0.2) is 0 Å². The van der Waals surface area contributed by atoms with E-state index >= 15 is 0 Å². The van der Waals surface area contributed by atoms with E-state index in [1.54, 1.807) is 6.92 Å². The number of alkyl carbamates (subject to hydrolysis) is 1. The predicted octanol–water partition coefficient (Wildman–Crippen LogP) is 3.08. The molecule has 0 heterocycles. The van der Waals surface area contributed by atoms with Gasteiger partial charge < -0.3 is 29.6 Å². The zero-order chi connectivity index (χ0) is 28.1. The second kappa shape index (κ2) is 14.6. The van der Waals surface area contributed by atoms with Gasteiger partial charge in [-0.3, -0.25) is 0 Å². The summed E-state index contributed by atoms with van der Waals surface area (Å²) >= 11 is 0. The van der Waals surface area contributed by atoms with Crippen LogP contribution >= 0.6 is 0 Å². The molecule has 1 saturated carbocycles. The second-order valence-electron chi connectivity index (χ2n) is 10.5. The molecule has 37 heavy (non-hydrogen) atoms. The van der Waals surface area contributed by atoms with Crippen molar-refractivity contribution < 1.29 is 38.1 Å². The van der Waals surface area contributed by atoms with Gasteiger partial charge in [-0.25, -0.2) is 19.2 Å². The van der Waals surface area contributed by atoms with Crippen molar-refractivity contribution in [3.8, 4) is 0 Å². The van der Waals surface area contributed by atoms with E-state index in [2.05, 4.69) is 51.1 Å². The standard InChI is InChI=1S/C27H42N2O8/c1-8-21(30)35-17-27(18-36-22(31)9-2,19-37-23(32)10-3)16-28-15-26(7)14-25(5,6)13-12-20(26)29-24(33)34-11-4/h8-10,20,28H,1-3,11-19H2,4-7H3,(H,29,33). The Morgan fingerprint density at radius 3 is 1.81 bits per heavy atom. The summed E-state index contributed by atoms with van der Waals surface area (Å²) in [6.07, 6.45) is 5.12. The molecule has 1 rings (SSSR count). The molecule has 2 unspecified atom stereocenters. The quantitative estimate of drug-likeness (QED) is 0.189. The summed E-state index contributed by atoms with van der Waals surface area (Å²) in [5, 5.41) is 6.39. The third-order valence-corrected chi connectivity index (χ3v) is 6.49. The van der Waals surface area contributed by atoms with Crippen molar-refractivity contribution in [3.05, 3.63) is 38.0 Å². The van der Waals surface area contributed by atoms with Gasteiger partial charge in [0, 0.05) is 42.8 Å². The first kappa shape index (κ1) is 31.9. The first-order chi connectivity index (χ1) is 17.3. The van der Waals surface area contributed by atoms with Crippen LogP contribution in [0.3, 0.4) is 0 Å². The number of carbonyl (C=O) groups excluding carboxylic acids is 4. The van der Waals surface area contributed by atoms with Crippen LogP contribution in [-0.2, 0) is 33.3 Å². The van der Waals surface area contributed by atoms with E-state index in [-0.39, 0.29) is 49.8 Å². The number of nitrogens with one attached hydrogen (secondary N) is 2. The summed E-state index contributed by atoms with van der Waals surface area (Å²) in [4.78, 5) is 47.7. The van der Waals surface area contributed by atoms with Gasteiger partial charge in [-0.15, -0.1) is 0 Å². The van der Waals surface area contributed by atoms with E-state index in [0.29, 0.717) is 6.54 Å². The Labute approximate surface area is 219 Å². The maximum absolute atomic E-state index is 12.2. The molecule has 1 aliphatic rings. The number of rotatable bonds is 15. The predicted molar refractivity (Wildman–Crippen MR) is 138 cm³/mol. The molecule has 0 aromatic rings. The van der Waals surface area contributed by atoms with Gasteiger partial charge in [-0.1, -0.05) is 40.5 Å². The molecule has 1 fully saturated rings. The SMILES string of the molecule is C=CC(=O)OCC(CNCC1(C)CC(C)(C)CCC1NC(=O)OCC)(COC(=O)C=C)COC(=O)C=C. The van der Waals surface area contributed by atoms with Crippen molar-refractivity contribution in [1.82, 2.24) is 10.6 Å². The number of ether oxygens (including phenoxy) is 4. The Hall–Kier alpha value is -3.14. The van der Waals surface area contributed by atoms with Gasteiger partial charge in [-0.05, 0) is 31.6 Å². The molecule has 1 aliphatic carbocycles. The summed E-state index contributed by atoms with van der Waals surface area (Å²) in [6.45, 7) is 18.7. The highest BCUT2D eigenvalue weighted by Gasteiger charge is 2.45. The molecule has 1 amide bonds. The molecule has 0 aromatic carbocycles. The Bertz CT molecular complexity index is 794. The summed E-state index contributed by atoms with van der Waals surface area (Å²) in [7, 11) is 0.